The Kier molecular flexibility index (Phi) is 8.75. The van der Waals surface area contributed by atoms with Crippen LogP contribution in [0.2, 0.25) is 0 Å². The normalized spacial score (nSPS) is 17.4. The average molecular weight is 800 g/mol. The third-order valence-corrected chi connectivity index (χ3v) is 13.2. The van der Waals surface area contributed by atoms with Crippen LogP contribution < -0.4 is 0 Å². The molecule has 10 aromatic rings. The highest BCUT2D eigenvalue weighted by Gasteiger charge is 2.51. The van der Waals surface area contributed by atoms with E-state index in [2.05, 4.69) is 225 Å². The van der Waals surface area contributed by atoms with Crippen molar-refractivity contribution < 1.29 is 0 Å². The summed E-state index contributed by atoms with van der Waals surface area (Å²) in [6.07, 6.45) is 8.42. The van der Waals surface area contributed by atoms with Crippen LogP contribution in [0.1, 0.15) is 30.4 Å². The Morgan fingerprint density at radius 1 is 0.484 bits per heavy atom. The maximum absolute atomic E-state index is 9.52. The number of hydrazine groups is 1. The highest BCUT2D eigenvalue weighted by molar-refractivity contribution is 6.11. The summed E-state index contributed by atoms with van der Waals surface area (Å²) in [6.45, 7) is 0.804. The van der Waals surface area contributed by atoms with Gasteiger partial charge in [-0.25, -0.2) is 0 Å². The van der Waals surface area contributed by atoms with E-state index < -0.39 is 0 Å². The maximum Gasteiger partial charge on any atom is 0.144 e. The average Bonchev–Trinajstić information content (AvgIpc) is 3.81. The molecule has 1 N–H and O–H groups in total. The molecule has 0 spiro atoms. The molecule has 0 radical (unpaired) electrons. The van der Waals surface area contributed by atoms with Crippen LogP contribution in [0.4, 0.5) is 0 Å². The van der Waals surface area contributed by atoms with E-state index in [0.717, 1.165) is 47.5 Å². The van der Waals surface area contributed by atoms with Gasteiger partial charge in [-0.3, -0.25) is 10.4 Å². The molecule has 2 aromatic heterocycles. The van der Waals surface area contributed by atoms with Gasteiger partial charge in [0.05, 0.1) is 22.1 Å². The topological polar surface area (TPSA) is 39.7 Å². The molecule has 3 unspecified atom stereocenters. The lowest BCUT2D eigenvalue weighted by Gasteiger charge is -2.15. The van der Waals surface area contributed by atoms with Gasteiger partial charge in [-0.15, -0.1) is 0 Å². The van der Waals surface area contributed by atoms with Crippen LogP contribution in [0, 0.1) is 11.3 Å². The van der Waals surface area contributed by atoms with Crippen molar-refractivity contribution in [2.75, 3.05) is 0 Å². The van der Waals surface area contributed by atoms with Gasteiger partial charge < -0.3 is 9.13 Å². The molecule has 1 aliphatic carbocycles. The van der Waals surface area contributed by atoms with Crippen LogP contribution in [0.5, 0.6) is 0 Å². The first-order chi connectivity index (χ1) is 30.7. The molecule has 3 heterocycles. The predicted octanol–water partition coefficient (Wildman–Crippen LogP) is 14.0. The largest absolute Gasteiger partial charge is 0.309 e. The fourth-order valence-corrected chi connectivity index (χ4v) is 10.1. The summed E-state index contributed by atoms with van der Waals surface area (Å²) < 4.78 is 4.77. The van der Waals surface area contributed by atoms with Crippen molar-refractivity contribution in [3.63, 3.8) is 0 Å². The van der Waals surface area contributed by atoms with Crippen molar-refractivity contribution in [3.05, 3.63) is 217 Å². The predicted molar refractivity (Wildman–Crippen MR) is 257 cm³/mol. The summed E-state index contributed by atoms with van der Waals surface area (Å²) in [5.74, 6) is 0.988. The first-order valence-corrected chi connectivity index (χ1v) is 21.9. The second kappa shape index (κ2) is 14.9. The highest BCUT2D eigenvalue weighted by Crippen LogP contribution is 2.42. The number of benzene rings is 8. The molecule has 0 bridgehead atoms. The Balaban J connectivity index is 0.871. The number of hydrogen-bond donors (Lipinski definition) is 1. The molecule has 298 valence electrons. The molecule has 0 amide bonds. The number of para-hydroxylation sites is 3. The monoisotopic (exact) mass is 799 g/mol. The number of nitrogens with zero attached hydrogens (tertiary/aromatic N) is 4. The van der Waals surface area contributed by atoms with Crippen molar-refractivity contribution >= 4 is 49.4 Å². The molecule has 5 nitrogen and oxygen atoms in total. The number of allylic oxidation sites excluding steroid dienone is 1. The van der Waals surface area contributed by atoms with Gasteiger partial charge >= 0.3 is 0 Å². The molecule has 62 heavy (non-hydrogen) atoms. The van der Waals surface area contributed by atoms with Crippen molar-refractivity contribution in [2.45, 2.75) is 32.0 Å². The van der Waals surface area contributed by atoms with E-state index >= 15 is 0 Å². The van der Waals surface area contributed by atoms with Gasteiger partial charge in [0.15, 0.2) is 0 Å². The Hall–Kier alpha value is -7.47. The zero-order chi connectivity index (χ0) is 41.1. The van der Waals surface area contributed by atoms with Gasteiger partial charge in [0, 0.05) is 50.9 Å². The lowest BCUT2D eigenvalue weighted by atomic mass is 9.94. The Morgan fingerprint density at radius 3 is 1.84 bits per heavy atom. The quantitative estimate of drug-likeness (QED) is 0.0720. The van der Waals surface area contributed by atoms with E-state index in [1.165, 1.54) is 66.7 Å². The van der Waals surface area contributed by atoms with E-state index in [9.17, 15) is 5.41 Å². The first kappa shape index (κ1) is 36.4. The Bertz CT molecular complexity index is 3340. The zero-order valence-corrected chi connectivity index (χ0v) is 34.4. The van der Waals surface area contributed by atoms with Gasteiger partial charge in [-0.2, -0.15) is 5.01 Å². The first-order valence-electron chi connectivity index (χ1n) is 21.9. The Labute approximate surface area is 361 Å². The summed E-state index contributed by atoms with van der Waals surface area (Å²) >= 11 is 0. The number of fused-ring (bicyclic) bond motifs is 6. The summed E-state index contributed by atoms with van der Waals surface area (Å²) in [5.41, 5.74) is 13.9. The number of hydrogen-bond acceptors (Lipinski definition) is 2. The molecular formula is C57H45N5. The fourth-order valence-electron chi connectivity index (χ4n) is 10.1. The molecule has 5 heteroatoms. The summed E-state index contributed by atoms with van der Waals surface area (Å²) in [5, 5.41) is 19.1. The van der Waals surface area contributed by atoms with Gasteiger partial charge in [0.2, 0.25) is 0 Å². The van der Waals surface area contributed by atoms with Gasteiger partial charge in [-0.1, -0.05) is 146 Å². The molecule has 12 rings (SSSR count). The van der Waals surface area contributed by atoms with Gasteiger partial charge in [0.1, 0.15) is 12.0 Å². The van der Waals surface area contributed by atoms with Crippen molar-refractivity contribution in [1.82, 2.24) is 19.2 Å². The lowest BCUT2D eigenvalue weighted by Crippen LogP contribution is -2.19. The summed E-state index contributed by atoms with van der Waals surface area (Å²) in [6, 6.07) is 70.0. The van der Waals surface area contributed by atoms with Crippen LogP contribution in [-0.2, 0) is 6.54 Å². The lowest BCUT2D eigenvalue weighted by molar-refractivity contribution is 0.378. The number of aromatic nitrogens is 2. The molecule has 1 saturated heterocycles. The number of amidine groups is 1. The molecule has 0 saturated carbocycles. The van der Waals surface area contributed by atoms with Crippen LogP contribution in [-0.4, -0.2) is 31.2 Å². The van der Waals surface area contributed by atoms with Crippen molar-refractivity contribution in [3.8, 4) is 33.6 Å². The van der Waals surface area contributed by atoms with E-state index in [4.69, 9.17) is 0 Å². The second-order valence-corrected chi connectivity index (χ2v) is 16.8. The van der Waals surface area contributed by atoms with Crippen LogP contribution >= 0.6 is 0 Å². The SMILES string of the molecule is N=C(c1cccc(-c2ccc3c(c2)c2ccccc2n3-c2ccc(-c3ccc4c5ccccc5n(-c5ccccc5)c4c3)cc2)c1)N1C(C2C=CCCC2)N1Cc1ccccc1. The van der Waals surface area contributed by atoms with Crippen molar-refractivity contribution in [2.24, 2.45) is 5.92 Å². The van der Waals surface area contributed by atoms with Crippen LogP contribution in [0.3, 0.4) is 0 Å². The van der Waals surface area contributed by atoms with Crippen LogP contribution in [0.15, 0.2) is 206 Å². The zero-order valence-electron chi connectivity index (χ0n) is 34.4. The minimum absolute atomic E-state index is 0.204. The van der Waals surface area contributed by atoms with E-state index in [1.54, 1.807) is 0 Å². The molecule has 1 aliphatic heterocycles. The van der Waals surface area contributed by atoms with Crippen LogP contribution in [0.25, 0.3) is 77.2 Å². The third-order valence-electron chi connectivity index (χ3n) is 13.2. The maximum atomic E-state index is 9.52. The minimum Gasteiger partial charge on any atom is -0.309 e. The standard InChI is InChI=1S/C57H45N5/c58-56(62-57(41-17-6-2-7-18-41)59(62)38-39-15-4-1-5-16-39)45-20-14-19-42(35-45)43-30-34-54-51(36-43)49-24-11-13-26-53(49)60(54)47-31-27-40(28-32-47)44-29-33-50-48-23-10-12-25-52(48)61(55(50)37-44)46-21-8-3-9-22-46/h1,3-6,8-17,19-37,41,57-58H,2,7,18,38H2. The smallest absolute Gasteiger partial charge is 0.144 e. The fraction of sp³-hybridized carbons (Fsp3) is 0.105. The second-order valence-electron chi connectivity index (χ2n) is 16.8. The molecule has 1 fully saturated rings. The van der Waals surface area contributed by atoms with Gasteiger partial charge in [0.25, 0.3) is 0 Å². The minimum atomic E-state index is 0.204. The number of nitrogens with one attached hydrogen (secondary N) is 1. The van der Waals surface area contributed by atoms with E-state index in [0.29, 0.717) is 11.8 Å². The third kappa shape index (κ3) is 6.16. The molecule has 8 aromatic carbocycles. The highest BCUT2D eigenvalue weighted by atomic mass is 15.9. The molecular weight excluding hydrogens is 755 g/mol. The summed E-state index contributed by atoms with van der Waals surface area (Å²) in [7, 11) is 0. The summed E-state index contributed by atoms with van der Waals surface area (Å²) in [4.78, 5) is 0. The number of rotatable bonds is 8. The van der Waals surface area contributed by atoms with E-state index in [1.807, 2.05) is 0 Å². The van der Waals surface area contributed by atoms with E-state index in [-0.39, 0.29) is 6.17 Å². The Morgan fingerprint density at radius 2 is 1.08 bits per heavy atom. The molecule has 2 aliphatic rings. The molecule has 3 atom stereocenters. The van der Waals surface area contributed by atoms with Crippen molar-refractivity contribution in [1.29, 1.82) is 5.41 Å². The van der Waals surface area contributed by atoms with Gasteiger partial charge in [-0.05, 0) is 108 Å².